The first-order chi connectivity index (χ1) is 10.1. The molecule has 2 aromatic rings. The van der Waals surface area contributed by atoms with E-state index in [-0.39, 0.29) is 18.8 Å². The second-order valence-corrected chi connectivity index (χ2v) is 5.85. The van der Waals surface area contributed by atoms with Gasteiger partial charge < -0.3 is 0 Å². The molecular weight excluding hydrogens is 357 g/mol. The van der Waals surface area contributed by atoms with Crippen LogP contribution in [0.1, 0.15) is 6.23 Å². The van der Waals surface area contributed by atoms with Gasteiger partial charge in [0.1, 0.15) is 0 Å². The van der Waals surface area contributed by atoms with Crippen molar-refractivity contribution in [1.82, 2.24) is 9.55 Å². The zero-order valence-corrected chi connectivity index (χ0v) is 13.7. The minimum absolute atomic E-state index is 0.111. The van der Waals surface area contributed by atoms with E-state index < -0.39 is 23.8 Å². The summed E-state index contributed by atoms with van der Waals surface area (Å²) in [4.78, 5) is 26.0. The molecule has 2 aromatic heterocycles. The van der Waals surface area contributed by atoms with Gasteiger partial charge in [0.2, 0.25) is 0 Å². The summed E-state index contributed by atoms with van der Waals surface area (Å²) >= 11 is 0.792. The molecule has 1 aliphatic rings. The van der Waals surface area contributed by atoms with Crippen molar-refractivity contribution in [3.05, 3.63) is 39.2 Å². The van der Waals surface area contributed by atoms with Crippen LogP contribution < -0.4 is 13.8 Å². The first-order valence-electron chi connectivity index (χ1n) is 6.17. The molecule has 0 aliphatic carbocycles. The van der Waals surface area contributed by atoms with Crippen molar-refractivity contribution in [3.63, 3.8) is 0 Å². The molecule has 3 rings (SSSR count). The van der Waals surface area contributed by atoms with Crippen LogP contribution in [0, 0.1) is 0 Å². The van der Waals surface area contributed by atoms with Gasteiger partial charge in [-0.2, -0.15) is 0 Å². The predicted molar refractivity (Wildman–Crippen MR) is 65.6 cm³/mol. The average molecular weight is 368 g/mol. The number of aromatic amines is 1. The number of hydrogen-bond donors (Lipinski definition) is 2. The van der Waals surface area contributed by atoms with E-state index in [4.69, 9.17) is 19.0 Å². The molecule has 1 saturated heterocycles. The van der Waals surface area contributed by atoms with Crippen LogP contribution in [-0.4, -0.2) is 34.2 Å². The third kappa shape index (κ3) is 2.95. The summed E-state index contributed by atoms with van der Waals surface area (Å²) in [6, 6.07) is 3.46. The van der Waals surface area contributed by atoms with Gasteiger partial charge in [-0.05, 0) is 0 Å². The van der Waals surface area contributed by atoms with Crippen LogP contribution in [-0.2, 0) is 40.4 Å². The van der Waals surface area contributed by atoms with E-state index in [0.717, 1.165) is 33.5 Å². The number of aliphatic hydroxyl groups is 1. The van der Waals surface area contributed by atoms with E-state index in [1.807, 2.05) is 0 Å². The molecule has 2 unspecified atom stereocenters. The summed E-state index contributed by atoms with van der Waals surface area (Å²) in [5.41, 5.74) is -0.886. The van der Waals surface area contributed by atoms with Crippen LogP contribution >= 0.6 is 0 Å². The number of aromatic nitrogens is 2. The monoisotopic (exact) mass is 368 g/mol. The summed E-state index contributed by atoms with van der Waals surface area (Å²) in [5.74, 6) is 0.394. The van der Waals surface area contributed by atoms with Gasteiger partial charge in [-0.15, -0.1) is 0 Å². The van der Waals surface area contributed by atoms with Gasteiger partial charge in [-0.3, -0.25) is 0 Å². The molecule has 2 atom stereocenters. The summed E-state index contributed by atoms with van der Waals surface area (Å²) in [6.45, 7) is -0.191. The Balaban J connectivity index is 2.02. The van der Waals surface area contributed by atoms with Gasteiger partial charge in [0.05, 0.1) is 0 Å². The molecule has 9 heteroatoms. The molecule has 3 heterocycles. The number of aliphatic hydroxyl groups excluding tert-OH is 1. The van der Waals surface area contributed by atoms with E-state index in [9.17, 15) is 9.59 Å². The Kier molecular flexibility index (Phi) is 4.23. The van der Waals surface area contributed by atoms with Gasteiger partial charge in [0.15, 0.2) is 0 Å². The second kappa shape index (κ2) is 5.98. The summed E-state index contributed by atoms with van der Waals surface area (Å²) < 4.78 is 18.0. The Labute approximate surface area is 138 Å². The number of furan rings is 1. The molecule has 1 aliphatic heterocycles. The molecule has 0 amide bonds. The fourth-order valence-electron chi connectivity index (χ4n) is 2.06. The standard InChI is InChI=1S/C12H11N2O6.Y/c15-5-10-19-6-9(20-10)14-4-7(8-2-1-3-18-8)11(16)13-12(14)17;/h1-2,4,9-10,15H,5-6H2,(H,13,16,17);. The van der Waals surface area contributed by atoms with Crippen LogP contribution in [0.2, 0.25) is 0 Å². The number of H-pyrrole nitrogens is 1. The van der Waals surface area contributed by atoms with Crippen molar-refractivity contribution >= 4 is 2.57 Å². The van der Waals surface area contributed by atoms with Crippen LogP contribution in [0.15, 0.2) is 32.3 Å². The van der Waals surface area contributed by atoms with Crippen molar-refractivity contribution < 1.29 is 50.0 Å². The number of nitrogens with zero attached hydrogens (tertiary/aromatic N) is 1. The Morgan fingerprint density at radius 1 is 1.43 bits per heavy atom. The zero-order chi connectivity index (χ0) is 15.0. The molecule has 21 heavy (non-hydrogen) atoms. The fourth-order valence-corrected chi connectivity index (χ4v) is 2.61. The Morgan fingerprint density at radius 3 is 2.86 bits per heavy atom. The molecule has 0 radical (unpaired) electrons. The fraction of sp³-hybridized carbons (Fsp3) is 0.333. The normalized spacial score (nSPS) is 21.7. The molecule has 8 nitrogen and oxygen atoms in total. The molecule has 0 spiro atoms. The summed E-state index contributed by atoms with van der Waals surface area (Å²) in [5, 5.41) is 8.97. The average Bonchev–Trinajstić information content (AvgIpc) is 3.08. The van der Waals surface area contributed by atoms with Crippen LogP contribution in [0.5, 0.6) is 0 Å². The Bertz CT molecular complexity index is 764. The first-order valence-corrected chi connectivity index (χ1v) is 7.59. The third-order valence-corrected chi connectivity index (χ3v) is 3.82. The van der Waals surface area contributed by atoms with Crippen molar-refractivity contribution in [2.45, 2.75) is 12.5 Å². The van der Waals surface area contributed by atoms with Crippen LogP contribution in [0.3, 0.4) is 0 Å². The molecule has 0 aromatic carbocycles. The minimum atomic E-state index is -0.770. The maximum atomic E-state index is 11.9. The first kappa shape index (κ1) is 14.9. The van der Waals surface area contributed by atoms with E-state index in [2.05, 4.69) is 4.98 Å². The van der Waals surface area contributed by atoms with Crippen molar-refractivity contribution in [1.29, 1.82) is 0 Å². The molecule has 0 saturated carbocycles. The van der Waals surface area contributed by atoms with Crippen molar-refractivity contribution in [2.75, 3.05) is 13.2 Å². The van der Waals surface area contributed by atoms with E-state index in [1.54, 1.807) is 12.1 Å². The second-order valence-electron chi connectivity index (χ2n) is 4.45. The molecule has 0 bridgehead atoms. The maximum absolute atomic E-state index is 11.9. The number of rotatable bonds is 3. The van der Waals surface area contributed by atoms with Gasteiger partial charge in [0, 0.05) is 0 Å². The number of ether oxygens (including phenoxy) is 2. The molecular formula is C12H11N2O6Y. The van der Waals surface area contributed by atoms with Crippen molar-refractivity contribution in [3.8, 4) is 11.3 Å². The SMILES string of the molecule is O=c1[nH]c(=O)n(C2COC(CO)O2)cc1-c1cc[c]([Y])o1. The van der Waals surface area contributed by atoms with Gasteiger partial charge in [0.25, 0.3) is 0 Å². The summed E-state index contributed by atoms with van der Waals surface area (Å²) in [6.07, 6.45) is -0.0860. The van der Waals surface area contributed by atoms with Gasteiger partial charge in [-0.1, -0.05) is 0 Å². The third-order valence-electron chi connectivity index (χ3n) is 3.05. The van der Waals surface area contributed by atoms with Gasteiger partial charge in [-0.25, -0.2) is 0 Å². The van der Waals surface area contributed by atoms with Crippen LogP contribution in [0.4, 0.5) is 0 Å². The zero-order valence-electron chi connectivity index (χ0n) is 10.8. The quantitative estimate of drug-likeness (QED) is 0.708. The topological polar surface area (TPSA) is 107 Å². The van der Waals surface area contributed by atoms with Gasteiger partial charge >= 0.3 is 138 Å². The van der Waals surface area contributed by atoms with E-state index >= 15 is 0 Å². The number of nitrogens with one attached hydrogen (secondary N) is 1. The van der Waals surface area contributed by atoms with Crippen LogP contribution in [0.25, 0.3) is 11.3 Å². The predicted octanol–water partition coefficient (Wildman–Crippen LogP) is -1.17. The van der Waals surface area contributed by atoms with Crippen molar-refractivity contribution in [2.24, 2.45) is 0 Å². The Hall–Kier alpha value is -1.06. The molecule has 1 fully saturated rings. The van der Waals surface area contributed by atoms with E-state index in [0.29, 0.717) is 5.76 Å². The summed E-state index contributed by atoms with van der Waals surface area (Å²) in [7, 11) is 0. The molecule has 2 N–H and O–H groups in total. The number of hydrogen-bond acceptors (Lipinski definition) is 6. The van der Waals surface area contributed by atoms with E-state index in [1.165, 1.54) is 10.8 Å². The Morgan fingerprint density at radius 2 is 2.24 bits per heavy atom. The molecule has 108 valence electrons.